The highest BCUT2D eigenvalue weighted by atomic mass is 16.7. The predicted molar refractivity (Wildman–Crippen MR) is 192 cm³/mol. The van der Waals surface area contributed by atoms with Gasteiger partial charge >= 0.3 is 0 Å². The van der Waals surface area contributed by atoms with Gasteiger partial charge in [-0.15, -0.1) is 0 Å². The van der Waals surface area contributed by atoms with Crippen LogP contribution in [0.5, 0.6) is 5.75 Å². The third-order valence-electron chi connectivity index (χ3n) is 11.4. The Kier molecular flexibility index (Phi) is 11.0. The second kappa shape index (κ2) is 15.8. The molecule has 5 aliphatic rings. The quantitative estimate of drug-likeness (QED) is 0.354. The maximum absolute atomic E-state index is 13.4. The minimum absolute atomic E-state index is 0.0255. The van der Waals surface area contributed by atoms with E-state index in [9.17, 15) is 9.59 Å². The number of nitrogens with zero attached hydrogens (tertiary/aromatic N) is 6. The number of methoxy groups -OCH3 is 1. The van der Waals surface area contributed by atoms with Gasteiger partial charge in [-0.05, 0) is 63.1 Å². The first kappa shape index (κ1) is 34.9. The zero-order chi connectivity index (χ0) is 34.6. The van der Waals surface area contributed by atoms with Crippen LogP contribution in [0.4, 0.5) is 23.1 Å². The molecule has 2 amide bonds. The molecule has 13 heteroatoms. The Morgan fingerprint density at radius 2 is 1.74 bits per heavy atom. The molecule has 0 radical (unpaired) electrons. The molecule has 1 aromatic carbocycles. The molecule has 1 aromatic heterocycles. The number of hydrogen-bond donors (Lipinski definition) is 2. The smallest absolute Gasteiger partial charge is 0.251 e. The topological polar surface area (TPSA) is 125 Å². The van der Waals surface area contributed by atoms with Gasteiger partial charge < -0.3 is 39.5 Å². The Bertz CT molecular complexity index is 1480. The van der Waals surface area contributed by atoms with Gasteiger partial charge in [-0.1, -0.05) is 19.8 Å². The van der Waals surface area contributed by atoms with Crippen LogP contribution in [-0.2, 0) is 14.3 Å². The van der Waals surface area contributed by atoms with Crippen LogP contribution in [0, 0.1) is 0 Å². The summed E-state index contributed by atoms with van der Waals surface area (Å²) in [6.07, 6.45) is 12.0. The van der Waals surface area contributed by atoms with Gasteiger partial charge in [0.25, 0.3) is 5.91 Å². The Labute approximate surface area is 296 Å². The first-order valence-corrected chi connectivity index (χ1v) is 18.8. The van der Waals surface area contributed by atoms with Gasteiger partial charge in [-0.3, -0.25) is 14.5 Å². The van der Waals surface area contributed by atoms with Crippen LogP contribution in [0.3, 0.4) is 0 Å². The molecular formula is C37H54N8O5. The van der Waals surface area contributed by atoms with E-state index in [0.717, 1.165) is 122 Å². The van der Waals surface area contributed by atoms with E-state index in [1.165, 1.54) is 0 Å². The minimum Gasteiger partial charge on any atom is -0.495 e. The fourth-order valence-electron chi connectivity index (χ4n) is 8.57. The second-order valence-corrected chi connectivity index (χ2v) is 14.4. The number of anilines is 4. The summed E-state index contributed by atoms with van der Waals surface area (Å²) in [6.45, 7) is 8.89. The average molecular weight is 691 g/mol. The van der Waals surface area contributed by atoms with E-state index < -0.39 is 0 Å². The lowest BCUT2D eigenvalue weighted by molar-refractivity contribution is -0.120. The number of carbonyl (C=O) groups excluding carboxylic acids is 2. The molecule has 0 bridgehead atoms. The normalized spacial score (nSPS) is 25.6. The van der Waals surface area contributed by atoms with Crippen LogP contribution in [0.25, 0.3) is 0 Å². The highest BCUT2D eigenvalue weighted by Gasteiger charge is 2.41. The number of nitrogens with one attached hydrogen (secondary N) is 2. The van der Waals surface area contributed by atoms with Crippen molar-refractivity contribution in [2.45, 2.75) is 102 Å². The van der Waals surface area contributed by atoms with Crippen molar-refractivity contribution in [3.63, 3.8) is 0 Å². The Morgan fingerprint density at radius 3 is 2.44 bits per heavy atom. The van der Waals surface area contributed by atoms with Crippen molar-refractivity contribution >= 4 is 35.0 Å². The van der Waals surface area contributed by atoms with Crippen molar-refractivity contribution in [3.8, 4) is 5.75 Å². The Hall–Kier alpha value is -3.52. The van der Waals surface area contributed by atoms with E-state index in [1.54, 1.807) is 31.3 Å². The Morgan fingerprint density at radius 1 is 1.00 bits per heavy atom. The van der Waals surface area contributed by atoms with Crippen LogP contribution in [0.1, 0.15) is 81.5 Å². The standard InChI is InChI=1S/C37H54N8O5/c1-4-30-36(47)42(2)31-24-38-37(41-34(31)45(30)28-7-5-6-8-28)40-29-14-9-25(23-32(29)48-3)35(46)39-26-10-12-27(13-11-26)44-19-17-43(18-20-44)16-15-33-49-21-22-50-33/h9,14,23-24,26-28,30,33H,4-8,10-13,15-22H2,1-3H3,(H,39,46)(H,38,40,41)/t26?,27?,30-/m1/s1. The van der Waals surface area contributed by atoms with Crippen molar-refractivity contribution in [2.24, 2.45) is 0 Å². The van der Waals surface area contributed by atoms with Crippen molar-refractivity contribution in [1.29, 1.82) is 0 Å². The van der Waals surface area contributed by atoms with E-state index in [1.807, 2.05) is 12.1 Å². The zero-order valence-corrected chi connectivity index (χ0v) is 29.9. The second-order valence-electron chi connectivity index (χ2n) is 14.4. The molecule has 0 unspecified atom stereocenters. The molecule has 50 heavy (non-hydrogen) atoms. The summed E-state index contributed by atoms with van der Waals surface area (Å²) in [7, 11) is 3.40. The third kappa shape index (κ3) is 7.56. The van der Waals surface area contributed by atoms with Crippen molar-refractivity contribution < 1.29 is 23.8 Å². The van der Waals surface area contributed by atoms with Crippen LogP contribution >= 0.6 is 0 Å². The van der Waals surface area contributed by atoms with Gasteiger partial charge in [-0.2, -0.15) is 4.98 Å². The highest BCUT2D eigenvalue weighted by Crippen LogP contribution is 2.40. The maximum atomic E-state index is 13.4. The predicted octanol–water partition coefficient (Wildman–Crippen LogP) is 4.15. The van der Waals surface area contributed by atoms with Crippen LogP contribution in [-0.4, -0.2) is 122 Å². The molecule has 2 aromatic rings. The molecule has 3 aliphatic heterocycles. The fourth-order valence-corrected chi connectivity index (χ4v) is 8.57. The number of likely N-dealkylation sites (N-methyl/N-ethyl adjacent to an activating group) is 1. The molecule has 7 rings (SSSR count). The lowest BCUT2D eigenvalue weighted by Crippen LogP contribution is -2.55. The molecule has 4 fully saturated rings. The lowest BCUT2D eigenvalue weighted by atomic mass is 9.89. The first-order valence-electron chi connectivity index (χ1n) is 18.8. The van der Waals surface area contributed by atoms with E-state index in [0.29, 0.717) is 35.0 Å². The van der Waals surface area contributed by atoms with Crippen LogP contribution < -0.4 is 25.2 Å². The largest absolute Gasteiger partial charge is 0.495 e. The molecule has 2 saturated carbocycles. The first-order chi connectivity index (χ1) is 24.4. The van der Waals surface area contributed by atoms with Gasteiger partial charge in [0.2, 0.25) is 11.9 Å². The fraction of sp³-hybridized carbons (Fsp3) is 0.676. The molecule has 2 aliphatic carbocycles. The van der Waals surface area contributed by atoms with E-state index >= 15 is 0 Å². The summed E-state index contributed by atoms with van der Waals surface area (Å²) in [5.41, 5.74) is 1.96. The van der Waals surface area contributed by atoms with Crippen molar-refractivity contribution in [1.82, 2.24) is 25.1 Å². The van der Waals surface area contributed by atoms with Gasteiger partial charge in [-0.25, -0.2) is 4.98 Å². The number of rotatable bonds is 11. The molecule has 4 heterocycles. The SMILES string of the molecule is CC[C@@H]1C(=O)N(C)c2cnc(Nc3ccc(C(=O)NC4CCC(N5CCN(CCC6OCCO6)CC5)CC4)cc3OC)nc2N1C1CCCC1. The van der Waals surface area contributed by atoms with Gasteiger partial charge in [0, 0.05) is 69.9 Å². The molecule has 1 atom stereocenters. The monoisotopic (exact) mass is 690 g/mol. The van der Waals surface area contributed by atoms with Gasteiger partial charge in [0.15, 0.2) is 12.1 Å². The van der Waals surface area contributed by atoms with Crippen molar-refractivity contribution in [2.75, 3.05) is 75.2 Å². The van der Waals surface area contributed by atoms with E-state index in [-0.39, 0.29) is 30.2 Å². The molecule has 13 nitrogen and oxygen atoms in total. The number of fused-ring (bicyclic) bond motifs is 1. The van der Waals surface area contributed by atoms with Crippen LogP contribution in [0.15, 0.2) is 24.4 Å². The summed E-state index contributed by atoms with van der Waals surface area (Å²) in [5.74, 6) is 1.75. The zero-order valence-electron chi connectivity index (χ0n) is 29.9. The summed E-state index contributed by atoms with van der Waals surface area (Å²) in [6, 6.07) is 6.25. The highest BCUT2D eigenvalue weighted by molar-refractivity contribution is 6.04. The number of amides is 2. The summed E-state index contributed by atoms with van der Waals surface area (Å²) in [4.78, 5) is 45.3. The molecule has 272 valence electrons. The van der Waals surface area contributed by atoms with Gasteiger partial charge in [0.05, 0.1) is 32.2 Å². The third-order valence-corrected chi connectivity index (χ3v) is 11.4. The number of piperazine rings is 1. The summed E-state index contributed by atoms with van der Waals surface area (Å²) >= 11 is 0. The van der Waals surface area contributed by atoms with E-state index in [2.05, 4.69) is 37.2 Å². The van der Waals surface area contributed by atoms with Crippen molar-refractivity contribution in [3.05, 3.63) is 30.0 Å². The number of benzene rings is 1. The number of carbonyl (C=O) groups is 2. The molecular weight excluding hydrogens is 636 g/mol. The number of ether oxygens (including phenoxy) is 3. The summed E-state index contributed by atoms with van der Waals surface area (Å²) < 4.78 is 16.9. The molecule has 0 spiro atoms. The molecule has 2 N–H and O–H groups in total. The lowest BCUT2D eigenvalue weighted by Gasteiger charge is -2.43. The van der Waals surface area contributed by atoms with Crippen LogP contribution in [0.2, 0.25) is 0 Å². The maximum Gasteiger partial charge on any atom is 0.251 e. The Balaban J connectivity index is 0.932. The van der Waals surface area contributed by atoms with Gasteiger partial charge in [0.1, 0.15) is 17.5 Å². The number of hydrogen-bond acceptors (Lipinski definition) is 11. The minimum atomic E-state index is -0.236. The average Bonchev–Trinajstić information content (AvgIpc) is 3.88. The molecule has 2 saturated heterocycles. The van der Waals surface area contributed by atoms with E-state index in [4.69, 9.17) is 19.2 Å². The summed E-state index contributed by atoms with van der Waals surface area (Å²) in [5, 5.41) is 6.61. The number of aromatic nitrogens is 2.